The number of amides is 2. The summed E-state index contributed by atoms with van der Waals surface area (Å²) in [6.45, 7) is 1.40. The number of carboxylic acids is 1. The first-order valence-corrected chi connectivity index (χ1v) is 15.3. The van der Waals surface area contributed by atoms with Gasteiger partial charge in [0.25, 0.3) is 0 Å². The average Bonchev–Trinajstić information content (AvgIpc) is 3.52. The Morgan fingerprint density at radius 1 is 1.00 bits per heavy atom. The van der Waals surface area contributed by atoms with Gasteiger partial charge in [0.15, 0.2) is 5.78 Å². The van der Waals surface area contributed by atoms with E-state index in [9.17, 15) is 27.6 Å². The Labute approximate surface area is 259 Å². The van der Waals surface area contributed by atoms with Gasteiger partial charge in [-0.3, -0.25) is 9.59 Å². The number of aromatic nitrogens is 2. The molecule has 4 rings (SSSR count). The Morgan fingerprint density at radius 2 is 1.71 bits per heavy atom. The van der Waals surface area contributed by atoms with E-state index in [1.54, 1.807) is 23.1 Å². The normalized spacial score (nSPS) is 17.2. The number of carbonyl (C=O) groups is 3. The van der Waals surface area contributed by atoms with Crippen LogP contribution in [-0.2, 0) is 22.2 Å². The highest BCUT2D eigenvalue weighted by Gasteiger charge is 2.38. The van der Waals surface area contributed by atoms with E-state index in [2.05, 4.69) is 26.7 Å². The molecular formula is C31H38F3N7O4. The minimum atomic E-state index is -4.74. The Balaban J connectivity index is 1.33. The van der Waals surface area contributed by atoms with Gasteiger partial charge in [-0.05, 0) is 75.0 Å². The molecular weight excluding hydrogens is 591 g/mol. The van der Waals surface area contributed by atoms with Gasteiger partial charge in [0.05, 0.1) is 17.7 Å². The van der Waals surface area contributed by atoms with Gasteiger partial charge >= 0.3 is 18.2 Å². The monoisotopic (exact) mass is 629 g/mol. The summed E-state index contributed by atoms with van der Waals surface area (Å²) in [5.74, 6) is -1.73. The molecule has 2 fully saturated rings. The van der Waals surface area contributed by atoms with Gasteiger partial charge in [-0.15, -0.1) is 0 Å². The van der Waals surface area contributed by atoms with Crippen LogP contribution in [0.5, 0.6) is 0 Å². The number of carboxylic acid groups (broad SMARTS) is 1. The Kier molecular flexibility index (Phi) is 11.6. The molecule has 242 valence electrons. The molecule has 2 aliphatic heterocycles. The third-order valence-corrected chi connectivity index (χ3v) is 8.26. The number of piperidine rings is 1. The molecule has 1 atom stereocenters. The average molecular weight is 630 g/mol. The lowest BCUT2D eigenvalue weighted by Crippen LogP contribution is -2.39. The molecule has 45 heavy (non-hydrogen) atoms. The molecule has 1 aromatic heterocycles. The Morgan fingerprint density at radius 3 is 2.38 bits per heavy atom. The molecule has 2 aliphatic rings. The fourth-order valence-electron chi connectivity index (χ4n) is 5.87. The summed E-state index contributed by atoms with van der Waals surface area (Å²) in [5.41, 5.74) is 1.58. The van der Waals surface area contributed by atoms with Gasteiger partial charge < -0.3 is 25.5 Å². The van der Waals surface area contributed by atoms with Crippen LogP contribution in [0.25, 0.3) is 0 Å². The number of ketones is 1. The molecule has 0 radical (unpaired) electrons. The van der Waals surface area contributed by atoms with Gasteiger partial charge in [0.1, 0.15) is 18.2 Å². The van der Waals surface area contributed by atoms with Crippen molar-refractivity contribution < 1.29 is 32.7 Å². The molecule has 3 heterocycles. The molecule has 0 bridgehead atoms. The highest BCUT2D eigenvalue weighted by molar-refractivity contribution is 5.87. The first-order valence-electron chi connectivity index (χ1n) is 15.3. The molecule has 0 spiro atoms. The van der Waals surface area contributed by atoms with Crippen molar-refractivity contribution in [2.24, 2.45) is 5.92 Å². The third-order valence-electron chi connectivity index (χ3n) is 8.26. The van der Waals surface area contributed by atoms with E-state index in [1.807, 2.05) is 17.0 Å². The fourth-order valence-corrected chi connectivity index (χ4v) is 5.87. The minimum absolute atomic E-state index is 0.0236. The lowest BCUT2D eigenvalue weighted by Gasteiger charge is -2.34. The van der Waals surface area contributed by atoms with Crippen LogP contribution in [0.4, 0.5) is 29.6 Å². The number of urea groups is 1. The number of aliphatic carboxylic acids is 1. The lowest BCUT2D eigenvalue weighted by molar-refractivity contribution is -0.144. The summed E-state index contributed by atoms with van der Waals surface area (Å²) in [5, 5.41) is 22.4. The molecule has 11 nitrogen and oxygen atoms in total. The molecule has 3 N–H and O–H groups in total. The number of nitrogens with one attached hydrogen (secondary N) is 2. The first kappa shape index (κ1) is 33.5. The predicted octanol–water partition coefficient (Wildman–Crippen LogP) is 4.31. The SMILES string of the molecule is N#Cc1ccc(CCCC(=O)[C@@H]2CCCN2c2cc(N3CCC(CCCNC(=O)NCC(=O)O)CC3)nc(C(F)(F)F)n2)cc1. The number of hydrogen-bond acceptors (Lipinski definition) is 8. The van der Waals surface area contributed by atoms with Crippen LogP contribution >= 0.6 is 0 Å². The molecule has 0 unspecified atom stereocenters. The molecule has 14 heteroatoms. The number of anilines is 2. The first-order chi connectivity index (χ1) is 21.5. The van der Waals surface area contributed by atoms with Crippen LogP contribution in [-0.4, -0.2) is 71.6 Å². The van der Waals surface area contributed by atoms with Crippen LogP contribution in [0.2, 0.25) is 0 Å². The molecule has 2 saturated heterocycles. The number of rotatable bonds is 13. The van der Waals surface area contributed by atoms with E-state index < -0.39 is 36.6 Å². The summed E-state index contributed by atoms with van der Waals surface area (Å²) in [7, 11) is 0. The van der Waals surface area contributed by atoms with Crippen molar-refractivity contribution >= 4 is 29.4 Å². The largest absolute Gasteiger partial charge is 0.480 e. The van der Waals surface area contributed by atoms with E-state index in [-0.39, 0.29) is 17.4 Å². The Bertz CT molecular complexity index is 1370. The van der Waals surface area contributed by atoms with Crippen molar-refractivity contribution in [2.45, 2.75) is 70.0 Å². The van der Waals surface area contributed by atoms with Gasteiger partial charge in [0, 0.05) is 38.7 Å². The van der Waals surface area contributed by atoms with Crippen molar-refractivity contribution in [1.82, 2.24) is 20.6 Å². The second-order valence-electron chi connectivity index (χ2n) is 11.5. The maximum absolute atomic E-state index is 13.9. The smallest absolute Gasteiger partial charge is 0.451 e. The summed E-state index contributed by atoms with van der Waals surface area (Å²) in [6.07, 6.45) is 1.04. The maximum atomic E-state index is 13.9. The maximum Gasteiger partial charge on any atom is 0.451 e. The topological polar surface area (TPSA) is 152 Å². The fraction of sp³-hybridized carbons (Fsp3) is 0.548. The summed E-state index contributed by atoms with van der Waals surface area (Å²) in [4.78, 5) is 46.6. The van der Waals surface area contributed by atoms with Gasteiger partial charge in [-0.2, -0.15) is 18.4 Å². The zero-order valence-corrected chi connectivity index (χ0v) is 25.0. The summed E-state index contributed by atoms with van der Waals surface area (Å²) in [6, 6.07) is 9.74. The second kappa shape index (κ2) is 15.5. The lowest BCUT2D eigenvalue weighted by atomic mass is 9.92. The molecule has 1 aromatic carbocycles. The number of Topliss-reactive ketones (excluding diaryl/α,β-unsaturated/α-hetero) is 1. The van der Waals surface area contributed by atoms with Crippen LogP contribution < -0.4 is 20.4 Å². The van der Waals surface area contributed by atoms with Crippen molar-refractivity contribution in [3.8, 4) is 6.07 Å². The number of hydrogen-bond donors (Lipinski definition) is 3. The van der Waals surface area contributed by atoms with Gasteiger partial charge in [-0.1, -0.05) is 12.1 Å². The number of nitrogens with zero attached hydrogens (tertiary/aromatic N) is 5. The van der Waals surface area contributed by atoms with Crippen LogP contribution in [0, 0.1) is 17.2 Å². The quantitative estimate of drug-likeness (QED) is 0.275. The third kappa shape index (κ3) is 9.79. The number of alkyl halides is 3. The van der Waals surface area contributed by atoms with E-state index in [1.165, 1.54) is 0 Å². The molecule has 2 amide bonds. The van der Waals surface area contributed by atoms with Gasteiger partial charge in [-0.25, -0.2) is 14.8 Å². The van der Waals surface area contributed by atoms with Crippen molar-refractivity contribution in [3.05, 3.63) is 47.3 Å². The van der Waals surface area contributed by atoms with Crippen LogP contribution in [0.15, 0.2) is 30.3 Å². The second-order valence-corrected chi connectivity index (χ2v) is 11.5. The number of carbonyl (C=O) groups excluding carboxylic acids is 2. The number of halogens is 3. The van der Waals surface area contributed by atoms with E-state index in [4.69, 9.17) is 10.4 Å². The van der Waals surface area contributed by atoms with Crippen LogP contribution in [0.3, 0.4) is 0 Å². The number of nitriles is 1. The van der Waals surface area contributed by atoms with E-state index >= 15 is 0 Å². The minimum Gasteiger partial charge on any atom is -0.480 e. The van der Waals surface area contributed by atoms with Crippen molar-refractivity contribution in [3.63, 3.8) is 0 Å². The highest BCUT2D eigenvalue weighted by atomic mass is 19.4. The Hall–Kier alpha value is -4.41. The molecule has 0 aliphatic carbocycles. The highest BCUT2D eigenvalue weighted by Crippen LogP contribution is 2.34. The van der Waals surface area contributed by atoms with Crippen LogP contribution in [0.1, 0.15) is 68.3 Å². The summed E-state index contributed by atoms with van der Waals surface area (Å²) >= 11 is 0. The van der Waals surface area contributed by atoms with E-state index in [0.717, 1.165) is 24.8 Å². The zero-order chi connectivity index (χ0) is 32.4. The van der Waals surface area contributed by atoms with Crippen molar-refractivity contribution in [1.29, 1.82) is 5.26 Å². The number of benzene rings is 1. The molecule has 2 aromatic rings. The van der Waals surface area contributed by atoms with Gasteiger partial charge in [0.2, 0.25) is 5.82 Å². The summed E-state index contributed by atoms with van der Waals surface area (Å²) < 4.78 is 41.7. The predicted molar refractivity (Wildman–Crippen MR) is 160 cm³/mol. The standard InChI is InChI=1S/C31H38F3N7O4/c32-31(33,34)29-38-26(40-16-12-22(13-17-40)5-2-14-36-30(45)37-20-28(43)44)18-27(39-29)41-15-3-6-24(41)25(42)7-1-4-21-8-10-23(19-35)11-9-21/h8-11,18,22,24H,1-7,12-17,20H2,(H,43,44)(H2,36,37,45)/t24-/m0/s1. The number of aryl methyl sites for hydroxylation is 1. The van der Waals surface area contributed by atoms with E-state index in [0.29, 0.717) is 76.2 Å². The molecule has 0 saturated carbocycles. The zero-order valence-electron chi connectivity index (χ0n) is 25.0. The van der Waals surface area contributed by atoms with Crippen molar-refractivity contribution in [2.75, 3.05) is 42.5 Å².